The van der Waals surface area contributed by atoms with Crippen molar-refractivity contribution in [1.29, 1.82) is 0 Å². The van der Waals surface area contributed by atoms with Gasteiger partial charge in [-0.25, -0.2) is 0 Å². The third-order valence-corrected chi connectivity index (χ3v) is 2.69. The number of nitrogens with zero attached hydrogens (tertiary/aromatic N) is 3. The molecule has 19 heavy (non-hydrogen) atoms. The molecule has 0 aliphatic rings. The number of rotatable bonds is 2. The zero-order chi connectivity index (χ0) is 13.1. The third-order valence-electron chi connectivity index (χ3n) is 2.69. The lowest BCUT2D eigenvalue weighted by atomic mass is 10.2. The summed E-state index contributed by atoms with van der Waals surface area (Å²) in [6.45, 7) is 0. The largest absolute Gasteiger partial charge is 0.319 e. The number of hydrogen-bond donors (Lipinski definition) is 1. The Labute approximate surface area is 109 Å². The van der Waals surface area contributed by atoms with Gasteiger partial charge in [-0.1, -0.05) is 18.2 Å². The van der Waals surface area contributed by atoms with Crippen LogP contribution in [0.5, 0.6) is 0 Å². The average molecular weight is 250 g/mol. The van der Waals surface area contributed by atoms with Crippen molar-refractivity contribution in [3.8, 4) is 0 Å². The maximum atomic E-state index is 12.0. The highest BCUT2D eigenvalue weighted by molar-refractivity contribution is 6.07. The molecule has 92 valence electrons. The van der Waals surface area contributed by atoms with Crippen molar-refractivity contribution in [2.24, 2.45) is 0 Å². The molecular formula is C14H10N4O. The standard InChI is InChI=1S/C14H10N4O/c19-14(12-5-1-2-8-15-12)17-11-6-3-4-10-7-9-16-18-13(10)11/h1-9H,(H,17,19). The first-order valence-electron chi connectivity index (χ1n) is 5.77. The Morgan fingerprint density at radius 2 is 1.95 bits per heavy atom. The lowest BCUT2D eigenvalue weighted by Gasteiger charge is -2.06. The van der Waals surface area contributed by atoms with Gasteiger partial charge in [0, 0.05) is 11.6 Å². The average Bonchev–Trinajstić information content (AvgIpc) is 2.48. The number of nitrogens with one attached hydrogen (secondary N) is 1. The number of fused-ring (bicyclic) bond motifs is 1. The minimum absolute atomic E-state index is 0.265. The number of hydrogen-bond acceptors (Lipinski definition) is 4. The number of anilines is 1. The van der Waals surface area contributed by atoms with E-state index >= 15 is 0 Å². The summed E-state index contributed by atoms with van der Waals surface area (Å²) in [5.74, 6) is -0.265. The zero-order valence-electron chi connectivity index (χ0n) is 9.95. The van der Waals surface area contributed by atoms with Gasteiger partial charge in [-0.3, -0.25) is 9.78 Å². The molecule has 0 bridgehead atoms. The van der Waals surface area contributed by atoms with E-state index in [4.69, 9.17) is 0 Å². The summed E-state index contributed by atoms with van der Waals surface area (Å²) in [5.41, 5.74) is 1.65. The summed E-state index contributed by atoms with van der Waals surface area (Å²) in [4.78, 5) is 16.0. The zero-order valence-corrected chi connectivity index (χ0v) is 9.95. The molecular weight excluding hydrogens is 240 g/mol. The maximum absolute atomic E-state index is 12.0. The molecule has 1 N–H and O–H groups in total. The summed E-state index contributed by atoms with van der Waals surface area (Å²) >= 11 is 0. The third kappa shape index (κ3) is 2.26. The highest BCUT2D eigenvalue weighted by Gasteiger charge is 2.09. The molecule has 5 heteroatoms. The van der Waals surface area contributed by atoms with Gasteiger partial charge in [0.2, 0.25) is 0 Å². The molecule has 1 amide bonds. The van der Waals surface area contributed by atoms with Gasteiger partial charge in [-0.2, -0.15) is 5.10 Å². The molecule has 0 unspecified atom stereocenters. The fourth-order valence-corrected chi connectivity index (χ4v) is 1.80. The normalized spacial score (nSPS) is 10.3. The van der Waals surface area contributed by atoms with Crippen LogP contribution in [0.1, 0.15) is 10.5 Å². The van der Waals surface area contributed by atoms with Gasteiger partial charge >= 0.3 is 0 Å². The molecule has 0 atom stereocenters. The lowest BCUT2D eigenvalue weighted by Crippen LogP contribution is -2.13. The Morgan fingerprint density at radius 1 is 1.00 bits per heavy atom. The fraction of sp³-hybridized carbons (Fsp3) is 0. The minimum Gasteiger partial charge on any atom is -0.319 e. The Morgan fingerprint density at radius 3 is 2.79 bits per heavy atom. The van der Waals surface area contributed by atoms with Gasteiger partial charge in [0.25, 0.3) is 5.91 Å². The van der Waals surface area contributed by atoms with Crippen LogP contribution in [0.4, 0.5) is 5.69 Å². The van der Waals surface area contributed by atoms with Crippen molar-refractivity contribution >= 4 is 22.5 Å². The second-order valence-corrected chi connectivity index (χ2v) is 3.94. The monoisotopic (exact) mass is 250 g/mol. The van der Waals surface area contributed by atoms with E-state index in [0.29, 0.717) is 16.9 Å². The van der Waals surface area contributed by atoms with E-state index in [1.165, 1.54) is 0 Å². The van der Waals surface area contributed by atoms with Crippen LogP contribution >= 0.6 is 0 Å². The molecule has 0 fully saturated rings. The van der Waals surface area contributed by atoms with Crippen molar-refractivity contribution < 1.29 is 4.79 Å². The first-order valence-corrected chi connectivity index (χ1v) is 5.77. The Bertz CT molecular complexity index is 722. The summed E-state index contributed by atoms with van der Waals surface area (Å²) < 4.78 is 0. The summed E-state index contributed by atoms with van der Waals surface area (Å²) in [6, 6.07) is 12.6. The molecule has 5 nitrogen and oxygen atoms in total. The number of pyridine rings is 1. The molecule has 0 aliphatic heterocycles. The van der Waals surface area contributed by atoms with Crippen LogP contribution in [-0.2, 0) is 0 Å². The summed E-state index contributed by atoms with van der Waals surface area (Å²) in [7, 11) is 0. The van der Waals surface area contributed by atoms with Crippen molar-refractivity contribution in [2.45, 2.75) is 0 Å². The van der Waals surface area contributed by atoms with Gasteiger partial charge in [0.15, 0.2) is 0 Å². The molecule has 2 aromatic heterocycles. The van der Waals surface area contributed by atoms with Gasteiger partial charge in [0.1, 0.15) is 11.2 Å². The molecule has 2 heterocycles. The molecule has 3 aromatic rings. The van der Waals surface area contributed by atoms with E-state index in [-0.39, 0.29) is 5.91 Å². The van der Waals surface area contributed by atoms with E-state index < -0.39 is 0 Å². The van der Waals surface area contributed by atoms with E-state index in [1.807, 2.05) is 18.2 Å². The first kappa shape index (κ1) is 11.3. The topological polar surface area (TPSA) is 67.8 Å². The maximum Gasteiger partial charge on any atom is 0.274 e. The Balaban J connectivity index is 1.96. The Kier molecular flexibility index (Phi) is 2.86. The number of carbonyl (C=O) groups is 1. The SMILES string of the molecule is O=C(Nc1cccc2ccnnc12)c1ccccn1. The summed E-state index contributed by atoms with van der Waals surface area (Å²) in [5, 5.41) is 11.6. The number of benzene rings is 1. The predicted octanol–water partition coefficient (Wildman–Crippen LogP) is 2.28. The highest BCUT2D eigenvalue weighted by Crippen LogP contribution is 2.20. The van der Waals surface area contributed by atoms with Gasteiger partial charge in [-0.05, 0) is 24.3 Å². The van der Waals surface area contributed by atoms with Crippen LogP contribution in [0, 0.1) is 0 Å². The van der Waals surface area contributed by atoms with Gasteiger partial charge in [0.05, 0.1) is 11.9 Å². The molecule has 0 saturated heterocycles. The Hall–Kier alpha value is -2.82. The smallest absolute Gasteiger partial charge is 0.274 e. The van der Waals surface area contributed by atoms with Crippen LogP contribution in [0.2, 0.25) is 0 Å². The lowest BCUT2D eigenvalue weighted by molar-refractivity contribution is 0.102. The van der Waals surface area contributed by atoms with Gasteiger partial charge < -0.3 is 5.32 Å². The van der Waals surface area contributed by atoms with E-state index in [2.05, 4.69) is 20.5 Å². The second kappa shape index (κ2) is 4.81. The predicted molar refractivity (Wildman–Crippen MR) is 71.7 cm³/mol. The molecule has 0 aliphatic carbocycles. The van der Waals surface area contributed by atoms with Crippen LogP contribution in [0.25, 0.3) is 10.9 Å². The number of carbonyl (C=O) groups excluding carboxylic acids is 1. The van der Waals surface area contributed by atoms with Crippen molar-refractivity contribution in [3.63, 3.8) is 0 Å². The van der Waals surface area contributed by atoms with Crippen molar-refractivity contribution in [1.82, 2.24) is 15.2 Å². The van der Waals surface area contributed by atoms with Crippen LogP contribution in [0.3, 0.4) is 0 Å². The van der Waals surface area contributed by atoms with E-state index in [0.717, 1.165) is 5.39 Å². The van der Waals surface area contributed by atoms with Crippen LogP contribution in [0.15, 0.2) is 54.9 Å². The molecule has 0 saturated carbocycles. The molecule has 1 aromatic carbocycles. The van der Waals surface area contributed by atoms with Crippen molar-refractivity contribution in [2.75, 3.05) is 5.32 Å². The second-order valence-electron chi connectivity index (χ2n) is 3.94. The summed E-state index contributed by atoms with van der Waals surface area (Å²) in [6.07, 6.45) is 3.20. The highest BCUT2D eigenvalue weighted by atomic mass is 16.1. The van der Waals surface area contributed by atoms with Crippen molar-refractivity contribution in [3.05, 3.63) is 60.6 Å². The van der Waals surface area contributed by atoms with Gasteiger partial charge in [-0.15, -0.1) is 5.10 Å². The van der Waals surface area contributed by atoms with E-state index in [9.17, 15) is 4.79 Å². The van der Waals surface area contributed by atoms with Crippen LogP contribution in [-0.4, -0.2) is 21.1 Å². The molecule has 0 spiro atoms. The van der Waals surface area contributed by atoms with Crippen LogP contribution < -0.4 is 5.32 Å². The minimum atomic E-state index is -0.265. The van der Waals surface area contributed by atoms with E-state index in [1.54, 1.807) is 36.7 Å². The molecule has 3 rings (SSSR count). The molecule has 0 radical (unpaired) electrons. The number of aromatic nitrogens is 3. The fourth-order valence-electron chi connectivity index (χ4n) is 1.80. The first-order chi connectivity index (χ1) is 9.34. The number of amides is 1. The quantitative estimate of drug-likeness (QED) is 0.757.